The Morgan fingerprint density at radius 1 is 0.897 bits per heavy atom. The molecule has 3 rings (SSSR count). The molecule has 0 amide bonds. The summed E-state index contributed by atoms with van der Waals surface area (Å²) in [4.78, 5) is 61.3. The maximum atomic E-state index is 12.6. The van der Waals surface area contributed by atoms with E-state index < -0.39 is 77.1 Å². The van der Waals surface area contributed by atoms with Crippen LogP contribution in [0.25, 0.3) is 0 Å². The molecule has 0 spiro atoms. The third kappa shape index (κ3) is 5.61. The average molecular weight is 549 g/mol. The van der Waals surface area contributed by atoms with Gasteiger partial charge in [-0.25, -0.2) is 0 Å². The zero-order chi connectivity index (χ0) is 29.4. The van der Waals surface area contributed by atoms with E-state index in [-0.39, 0.29) is 6.42 Å². The fourth-order valence-electron chi connectivity index (χ4n) is 7.55. The molecule has 39 heavy (non-hydrogen) atoms. The summed E-state index contributed by atoms with van der Waals surface area (Å²) in [6.45, 7) is 17.4. The minimum atomic E-state index is -0.981. The van der Waals surface area contributed by atoms with Gasteiger partial charge in [-0.1, -0.05) is 32.9 Å². The lowest BCUT2D eigenvalue weighted by atomic mass is 9.49. The second kappa shape index (κ2) is 11.1. The first-order chi connectivity index (χ1) is 18.1. The molecule has 3 aliphatic rings. The summed E-state index contributed by atoms with van der Waals surface area (Å²) in [5.74, 6) is -3.42. The van der Waals surface area contributed by atoms with Crippen molar-refractivity contribution in [3.8, 4) is 0 Å². The van der Waals surface area contributed by atoms with Gasteiger partial charge in [-0.15, -0.1) is 0 Å². The average Bonchev–Trinajstić information content (AvgIpc) is 2.76. The van der Waals surface area contributed by atoms with Crippen LogP contribution in [0.3, 0.4) is 0 Å². The van der Waals surface area contributed by atoms with Crippen molar-refractivity contribution in [1.82, 2.24) is 0 Å². The molecule has 0 unspecified atom stereocenters. The highest BCUT2D eigenvalue weighted by atomic mass is 16.6. The molecule has 0 aromatic rings. The monoisotopic (exact) mass is 548 g/mol. The second-order valence-electron chi connectivity index (χ2n) is 11.7. The van der Waals surface area contributed by atoms with Crippen LogP contribution in [0, 0.1) is 22.7 Å². The molecular weight excluding hydrogens is 508 g/mol. The molecule has 10 heteroatoms. The molecule has 0 N–H and O–H groups in total. The van der Waals surface area contributed by atoms with Crippen molar-refractivity contribution in [2.75, 3.05) is 0 Å². The molecule has 0 aromatic heterocycles. The van der Waals surface area contributed by atoms with Crippen LogP contribution in [0.15, 0.2) is 23.3 Å². The third-order valence-electron chi connectivity index (χ3n) is 8.68. The van der Waals surface area contributed by atoms with Crippen LogP contribution < -0.4 is 0 Å². The van der Waals surface area contributed by atoms with Crippen molar-refractivity contribution in [2.45, 2.75) is 105 Å². The topological polar surface area (TPSA) is 132 Å². The lowest BCUT2D eigenvalue weighted by Crippen LogP contribution is -2.65. The van der Waals surface area contributed by atoms with Gasteiger partial charge < -0.3 is 23.7 Å². The summed E-state index contributed by atoms with van der Waals surface area (Å²) in [7, 11) is 0. The molecule has 8 atom stereocenters. The molecule has 2 fully saturated rings. The maximum Gasteiger partial charge on any atom is 0.303 e. The summed E-state index contributed by atoms with van der Waals surface area (Å²) < 4.78 is 29.3. The van der Waals surface area contributed by atoms with Crippen molar-refractivity contribution in [3.05, 3.63) is 23.3 Å². The number of esters is 4. The van der Waals surface area contributed by atoms with E-state index in [1.165, 1.54) is 27.7 Å². The first-order valence-electron chi connectivity index (χ1n) is 13.2. The summed E-state index contributed by atoms with van der Waals surface area (Å²) in [5.41, 5.74) is 0.177. The Bertz CT molecular complexity index is 1090. The zero-order valence-electron chi connectivity index (χ0n) is 24.0. The Morgan fingerprint density at radius 3 is 1.97 bits per heavy atom. The van der Waals surface area contributed by atoms with E-state index >= 15 is 0 Å². The van der Waals surface area contributed by atoms with Crippen LogP contribution in [-0.4, -0.2) is 60.9 Å². The first-order valence-corrected chi connectivity index (χ1v) is 13.2. The molecule has 10 nitrogen and oxygen atoms in total. The van der Waals surface area contributed by atoms with Crippen molar-refractivity contribution in [3.63, 3.8) is 0 Å². The standard InChI is InChI=1S/C29H40O10/c1-14-12-21(37-17(4)32)24-25(38-18(5)33)23-15(2)20(36-16(3)31)10-11-29(23,9)27(39-19(6)34)26(35-13-30)22(14)28(24,7)8/h13,20-21,23-27H,2,10-12H2,1,3-9H3/t20-,21-,23-,24-,25-,26+,27-,29+/m0/s1. The SMILES string of the molecule is C=C1[C@@H](OC(C)=O)CC[C@@]2(C)[C@@H](OC(C)=O)[C@H](OC=O)C3=C(C)C[C@H](OC(C)=O)[C@@H]([C@@H](OC(C)=O)[C@H]12)C3(C)C. The molecule has 2 saturated carbocycles. The molecule has 0 aromatic carbocycles. The lowest BCUT2D eigenvalue weighted by Gasteiger charge is -2.60. The highest BCUT2D eigenvalue weighted by molar-refractivity contribution is 5.68. The van der Waals surface area contributed by atoms with Crippen molar-refractivity contribution >= 4 is 30.3 Å². The highest BCUT2D eigenvalue weighted by Crippen LogP contribution is 2.61. The molecular formula is C29H40O10. The fourth-order valence-corrected chi connectivity index (χ4v) is 7.55. The number of carbonyl (C=O) groups is 5. The minimum absolute atomic E-state index is 0.287. The Hall–Kier alpha value is -3.17. The van der Waals surface area contributed by atoms with Gasteiger partial charge in [0.25, 0.3) is 6.47 Å². The van der Waals surface area contributed by atoms with Crippen molar-refractivity contribution in [1.29, 1.82) is 0 Å². The van der Waals surface area contributed by atoms with Crippen LogP contribution in [0.4, 0.5) is 0 Å². The summed E-state index contributed by atoms with van der Waals surface area (Å²) in [5, 5.41) is 0. The normalized spacial score (nSPS) is 35.4. The lowest BCUT2D eigenvalue weighted by molar-refractivity contribution is -0.209. The van der Waals surface area contributed by atoms with Gasteiger partial charge in [0.1, 0.15) is 24.4 Å². The Balaban J connectivity index is 2.41. The van der Waals surface area contributed by atoms with E-state index in [1.807, 2.05) is 27.7 Å². The summed E-state index contributed by atoms with van der Waals surface area (Å²) >= 11 is 0. The van der Waals surface area contributed by atoms with E-state index in [2.05, 4.69) is 6.58 Å². The predicted octanol–water partition coefficient (Wildman–Crippen LogP) is 3.60. The van der Waals surface area contributed by atoms with Gasteiger partial charge in [-0.2, -0.15) is 0 Å². The van der Waals surface area contributed by atoms with E-state index in [0.29, 0.717) is 24.9 Å². The fraction of sp³-hybridized carbons (Fsp3) is 0.690. The summed E-state index contributed by atoms with van der Waals surface area (Å²) in [6, 6.07) is 0. The third-order valence-corrected chi connectivity index (χ3v) is 8.68. The Kier molecular flexibility index (Phi) is 8.67. The molecule has 0 aliphatic heterocycles. The molecule has 0 radical (unpaired) electrons. The molecule has 3 aliphatic carbocycles. The van der Waals surface area contributed by atoms with E-state index in [9.17, 15) is 24.0 Å². The largest absolute Gasteiger partial charge is 0.462 e. The highest BCUT2D eigenvalue weighted by Gasteiger charge is 2.65. The van der Waals surface area contributed by atoms with Gasteiger partial charge in [-0.05, 0) is 36.3 Å². The zero-order valence-corrected chi connectivity index (χ0v) is 24.0. The van der Waals surface area contributed by atoms with Crippen LogP contribution >= 0.6 is 0 Å². The Labute approximate surface area is 229 Å². The number of hydrogen-bond donors (Lipinski definition) is 0. The molecule has 216 valence electrons. The number of hydrogen-bond acceptors (Lipinski definition) is 10. The van der Waals surface area contributed by atoms with E-state index in [4.69, 9.17) is 23.7 Å². The molecule has 0 heterocycles. The second-order valence-corrected chi connectivity index (χ2v) is 11.7. The first kappa shape index (κ1) is 30.4. The quantitative estimate of drug-likeness (QED) is 0.210. The van der Waals surface area contributed by atoms with Crippen LogP contribution in [0.2, 0.25) is 0 Å². The van der Waals surface area contributed by atoms with Gasteiger partial charge in [0.05, 0.1) is 0 Å². The van der Waals surface area contributed by atoms with Gasteiger partial charge in [-0.3, -0.25) is 24.0 Å². The smallest absolute Gasteiger partial charge is 0.303 e. The van der Waals surface area contributed by atoms with Crippen LogP contribution in [0.5, 0.6) is 0 Å². The Morgan fingerprint density at radius 2 is 1.46 bits per heavy atom. The number of fused-ring (bicyclic) bond motifs is 3. The molecule has 2 bridgehead atoms. The van der Waals surface area contributed by atoms with Gasteiger partial charge in [0.15, 0.2) is 6.10 Å². The van der Waals surface area contributed by atoms with E-state index in [0.717, 1.165) is 11.1 Å². The minimum Gasteiger partial charge on any atom is -0.462 e. The number of carbonyl (C=O) groups excluding carboxylic acids is 5. The summed E-state index contributed by atoms with van der Waals surface area (Å²) in [6.07, 6.45) is -3.20. The van der Waals surface area contributed by atoms with Gasteiger partial charge >= 0.3 is 23.9 Å². The maximum absolute atomic E-state index is 12.6. The van der Waals surface area contributed by atoms with Crippen LogP contribution in [0.1, 0.15) is 74.7 Å². The van der Waals surface area contributed by atoms with Crippen LogP contribution in [-0.2, 0) is 47.7 Å². The predicted molar refractivity (Wildman–Crippen MR) is 138 cm³/mol. The number of rotatable bonds is 6. The van der Waals surface area contributed by atoms with Crippen molar-refractivity contribution < 1.29 is 47.7 Å². The van der Waals surface area contributed by atoms with E-state index in [1.54, 1.807) is 0 Å². The number of ether oxygens (including phenoxy) is 5. The van der Waals surface area contributed by atoms with Crippen molar-refractivity contribution in [2.24, 2.45) is 22.7 Å². The van der Waals surface area contributed by atoms with Gasteiger partial charge in [0, 0.05) is 51.4 Å². The molecule has 0 saturated heterocycles. The van der Waals surface area contributed by atoms with Gasteiger partial charge in [0.2, 0.25) is 0 Å².